The van der Waals surface area contributed by atoms with Crippen molar-refractivity contribution in [2.24, 2.45) is 11.8 Å². The van der Waals surface area contributed by atoms with Crippen molar-refractivity contribution in [3.8, 4) is 10.6 Å². The quantitative estimate of drug-likeness (QED) is 0.341. The van der Waals surface area contributed by atoms with E-state index in [-0.39, 0.29) is 10.8 Å². The number of thiazole rings is 1. The van der Waals surface area contributed by atoms with E-state index in [9.17, 15) is 13.2 Å². The average molecular weight is 520 g/mol. The van der Waals surface area contributed by atoms with E-state index in [1.54, 1.807) is 27.8 Å². The molecule has 4 aromatic rings. The van der Waals surface area contributed by atoms with E-state index in [2.05, 4.69) is 38.2 Å². The summed E-state index contributed by atoms with van der Waals surface area (Å²) in [5.41, 5.74) is 4.24. The van der Waals surface area contributed by atoms with Crippen molar-refractivity contribution >= 4 is 43.2 Å². The molecule has 1 saturated heterocycles. The number of fused-ring (bicyclic) bond motifs is 1. The zero-order valence-electron chi connectivity index (χ0n) is 20.6. The molecule has 2 heterocycles. The molecule has 1 aromatic heterocycles. The third-order valence-electron chi connectivity index (χ3n) is 6.52. The minimum atomic E-state index is -3.58. The van der Waals surface area contributed by atoms with Gasteiger partial charge in [0, 0.05) is 29.9 Å². The third kappa shape index (κ3) is 5.07. The minimum absolute atomic E-state index is 0.218. The normalized spacial score (nSPS) is 18.9. The van der Waals surface area contributed by atoms with E-state index in [4.69, 9.17) is 4.98 Å². The summed E-state index contributed by atoms with van der Waals surface area (Å²) >= 11 is 1.64. The van der Waals surface area contributed by atoms with Crippen LogP contribution < -0.4 is 5.32 Å². The van der Waals surface area contributed by atoms with Crippen molar-refractivity contribution < 1.29 is 13.2 Å². The van der Waals surface area contributed by atoms with Crippen LogP contribution in [0.1, 0.15) is 36.2 Å². The number of nitrogens with zero attached hydrogens (tertiary/aromatic N) is 2. The van der Waals surface area contributed by atoms with E-state index in [1.165, 1.54) is 17.7 Å². The second-order valence-electron chi connectivity index (χ2n) is 9.81. The maximum Gasteiger partial charge on any atom is 0.255 e. The predicted molar refractivity (Wildman–Crippen MR) is 146 cm³/mol. The molecule has 1 amide bonds. The van der Waals surface area contributed by atoms with Crippen molar-refractivity contribution in [1.29, 1.82) is 0 Å². The van der Waals surface area contributed by atoms with Gasteiger partial charge in [0.15, 0.2) is 0 Å². The Bertz CT molecular complexity index is 1500. The van der Waals surface area contributed by atoms with Crippen molar-refractivity contribution in [2.45, 2.75) is 32.1 Å². The maximum atomic E-state index is 13.1. The Hall–Kier alpha value is -3.07. The monoisotopic (exact) mass is 519 g/mol. The van der Waals surface area contributed by atoms with Gasteiger partial charge in [-0.1, -0.05) is 19.9 Å². The number of carbonyl (C=O) groups is 1. The van der Waals surface area contributed by atoms with Gasteiger partial charge < -0.3 is 5.32 Å². The second kappa shape index (κ2) is 9.76. The number of nitrogens with one attached hydrogen (secondary N) is 1. The minimum Gasteiger partial charge on any atom is -0.322 e. The van der Waals surface area contributed by atoms with E-state index in [0.717, 1.165) is 27.2 Å². The third-order valence-corrected chi connectivity index (χ3v) is 9.44. The van der Waals surface area contributed by atoms with Crippen molar-refractivity contribution in [1.82, 2.24) is 9.29 Å². The zero-order valence-corrected chi connectivity index (χ0v) is 22.2. The zero-order chi connectivity index (χ0) is 25.4. The van der Waals surface area contributed by atoms with Crippen LogP contribution in [0, 0.1) is 18.8 Å². The lowest BCUT2D eigenvalue weighted by Gasteiger charge is -2.34. The van der Waals surface area contributed by atoms with Gasteiger partial charge in [-0.25, -0.2) is 13.4 Å². The first-order valence-electron chi connectivity index (χ1n) is 12.1. The topological polar surface area (TPSA) is 79.4 Å². The Morgan fingerprint density at radius 3 is 2.31 bits per heavy atom. The average Bonchev–Trinajstić information content (AvgIpc) is 3.27. The molecule has 0 radical (unpaired) electrons. The van der Waals surface area contributed by atoms with Crippen LogP contribution >= 0.6 is 11.3 Å². The standard InChI is InChI=1S/C28H29N3O3S2/c1-18-4-13-25-26(15-18)35-28(30-25)22-5-9-23(10-6-22)29-27(32)21-7-11-24(12-8-21)36(33,34)31-16-19(2)14-20(3)17-31/h4-13,15,19-20H,14,16-17H2,1-3H3,(H,29,32)/t19-,20-/m0/s1. The molecule has 5 rings (SSSR count). The van der Waals surface area contributed by atoms with Crippen LogP contribution in [0.4, 0.5) is 5.69 Å². The number of hydrogen-bond donors (Lipinski definition) is 1. The molecule has 1 aliphatic heterocycles. The molecule has 1 fully saturated rings. The van der Waals surface area contributed by atoms with Crippen LogP contribution in [-0.2, 0) is 10.0 Å². The van der Waals surface area contributed by atoms with Crippen LogP contribution in [-0.4, -0.2) is 36.7 Å². The highest BCUT2D eigenvalue weighted by atomic mass is 32.2. The van der Waals surface area contributed by atoms with Gasteiger partial charge in [0.25, 0.3) is 5.91 Å². The highest BCUT2D eigenvalue weighted by Crippen LogP contribution is 2.31. The Morgan fingerprint density at radius 1 is 0.972 bits per heavy atom. The summed E-state index contributed by atoms with van der Waals surface area (Å²) in [5, 5.41) is 3.82. The first-order valence-corrected chi connectivity index (χ1v) is 14.3. The maximum absolute atomic E-state index is 13.1. The van der Waals surface area contributed by atoms with Gasteiger partial charge in [0.2, 0.25) is 10.0 Å². The van der Waals surface area contributed by atoms with E-state index in [1.807, 2.05) is 30.3 Å². The number of aryl methyl sites for hydroxylation is 1. The van der Waals surface area contributed by atoms with Gasteiger partial charge >= 0.3 is 0 Å². The largest absolute Gasteiger partial charge is 0.322 e. The molecule has 0 aliphatic carbocycles. The summed E-state index contributed by atoms with van der Waals surface area (Å²) < 4.78 is 28.9. The fourth-order valence-corrected chi connectivity index (χ4v) is 7.53. The molecule has 0 bridgehead atoms. The highest BCUT2D eigenvalue weighted by Gasteiger charge is 2.31. The van der Waals surface area contributed by atoms with Crippen molar-refractivity contribution in [2.75, 3.05) is 18.4 Å². The summed E-state index contributed by atoms with van der Waals surface area (Å²) in [6, 6.07) is 20.0. The smallest absolute Gasteiger partial charge is 0.255 e. The SMILES string of the molecule is Cc1ccc2nc(-c3ccc(NC(=O)c4ccc(S(=O)(=O)N5C[C@@H](C)C[C@H](C)C5)cc4)cc3)sc2c1. The Labute approximate surface area is 216 Å². The first kappa shape index (κ1) is 24.6. The molecule has 36 heavy (non-hydrogen) atoms. The first-order chi connectivity index (χ1) is 17.2. The highest BCUT2D eigenvalue weighted by molar-refractivity contribution is 7.89. The van der Waals surface area contributed by atoms with E-state index < -0.39 is 10.0 Å². The van der Waals surface area contributed by atoms with Crippen LogP contribution in [0.25, 0.3) is 20.8 Å². The van der Waals surface area contributed by atoms with E-state index in [0.29, 0.717) is 36.2 Å². The molecule has 1 aliphatic rings. The molecule has 3 aromatic carbocycles. The summed E-state index contributed by atoms with van der Waals surface area (Å²) in [6.45, 7) is 7.29. The molecular formula is C28H29N3O3S2. The lowest BCUT2D eigenvalue weighted by atomic mass is 9.94. The molecule has 1 N–H and O–H groups in total. The fourth-order valence-electron chi connectivity index (χ4n) is 4.78. The Morgan fingerprint density at radius 2 is 1.64 bits per heavy atom. The lowest BCUT2D eigenvalue weighted by Crippen LogP contribution is -2.42. The van der Waals surface area contributed by atoms with Gasteiger partial charge in [-0.05, 0) is 91.4 Å². The van der Waals surface area contributed by atoms with Crippen LogP contribution in [0.15, 0.2) is 71.6 Å². The van der Waals surface area contributed by atoms with Crippen molar-refractivity contribution in [3.63, 3.8) is 0 Å². The number of sulfonamides is 1. The van der Waals surface area contributed by atoms with E-state index >= 15 is 0 Å². The molecule has 0 saturated carbocycles. The predicted octanol–water partition coefficient (Wildman–Crippen LogP) is 6.19. The second-order valence-corrected chi connectivity index (χ2v) is 12.8. The molecule has 2 atom stereocenters. The number of amides is 1. The Kier molecular flexibility index (Phi) is 6.68. The lowest BCUT2D eigenvalue weighted by molar-refractivity contribution is 0.102. The summed E-state index contributed by atoms with van der Waals surface area (Å²) in [7, 11) is -3.58. The molecule has 8 heteroatoms. The fraction of sp³-hybridized carbons (Fsp3) is 0.286. The summed E-state index contributed by atoms with van der Waals surface area (Å²) in [5.74, 6) is 0.375. The molecule has 186 valence electrons. The molecule has 0 spiro atoms. The molecule has 6 nitrogen and oxygen atoms in total. The van der Waals surface area contributed by atoms with Crippen molar-refractivity contribution in [3.05, 3.63) is 77.9 Å². The van der Waals surface area contributed by atoms with Gasteiger partial charge in [-0.2, -0.15) is 4.31 Å². The number of aromatic nitrogens is 1. The number of anilines is 1. The van der Waals surface area contributed by atoms with Gasteiger partial charge in [0.05, 0.1) is 15.1 Å². The molecular weight excluding hydrogens is 490 g/mol. The summed E-state index contributed by atoms with van der Waals surface area (Å²) in [4.78, 5) is 17.7. The van der Waals surface area contributed by atoms with Gasteiger partial charge in [0.1, 0.15) is 5.01 Å². The van der Waals surface area contributed by atoms with Crippen LogP contribution in [0.3, 0.4) is 0 Å². The number of carbonyl (C=O) groups excluding carboxylic acids is 1. The van der Waals surface area contributed by atoms with Gasteiger partial charge in [-0.3, -0.25) is 4.79 Å². The van der Waals surface area contributed by atoms with Crippen LogP contribution in [0.2, 0.25) is 0 Å². The van der Waals surface area contributed by atoms with Gasteiger partial charge in [-0.15, -0.1) is 11.3 Å². The number of rotatable bonds is 5. The Balaban J connectivity index is 1.27. The summed E-state index contributed by atoms with van der Waals surface area (Å²) in [6.07, 6.45) is 1.03. The van der Waals surface area contributed by atoms with Crippen LogP contribution in [0.5, 0.6) is 0 Å². The number of benzene rings is 3. The number of piperidine rings is 1. The number of hydrogen-bond acceptors (Lipinski definition) is 5. The molecule has 0 unspecified atom stereocenters.